The molecule has 0 aromatic heterocycles. The lowest BCUT2D eigenvalue weighted by Gasteiger charge is -2.58. The first-order valence-corrected chi connectivity index (χ1v) is 16.0. The van der Waals surface area contributed by atoms with Gasteiger partial charge in [0, 0.05) is 11.8 Å². The molecule has 4 aliphatic carbocycles. The highest BCUT2D eigenvalue weighted by Gasteiger charge is 2.65. The highest BCUT2D eigenvalue weighted by atomic mass is 28.4. The van der Waals surface area contributed by atoms with E-state index in [1.54, 1.807) is 5.57 Å². The number of allylic oxidation sites excluding steroid dienone is 2. The lowest BCUT2D eigenvalue weighted by Crippen LogP contribution is -2.58. The summed E-state index contributed by atoms with van der Waals surface area (Å²) in [6.07, 6.45) is 14.2. The summed E-state index contributed by atoms with van der Waals surface area (Å²) >= 11 is 0. The van der Waals surface area contributed by atoms with Crippen molar-refractivity contribution in [2.75, 3.05) is 0 Å². The summed E-state index contributed by atoms with van der Waals surface area (Å²) in [5.41, 5.74) is 2.08. The van der Waals surface area contributed by atoms with E-state index < -0.39 is 14.1 Å². The molecule has 0 spiro atoms. The number of hydrogen-bond acceptors (Lipinski definition) is 3. The molecule has 180 valence electrons. The van der Waals surface area contributed by atoms with Crippen molar-refractivity contribution in [2.24, 2.45) is 28.6 Å². The molecule has 32 heavy (non-hydrogen) atoms. The van der Waals surface area contributed by atoms with E-state index in [1.807, 2.05) is 0 Å². The molecule has 2 saturated carbocycles. The molecule has 3 fully saturated rings. The summed E-state index contributed by atoms with van der Waals surface area (Å²) < 4.78 is 20.5. The van der Waals surface area contributed by atoms with Crippen molar-refractivity contribution in [3.8, 4) is 0 Å². The van der Waals surface area contributed by atoms with E-state index in [1.165, 1.54) is 25.7 Å². The Bertz CT molecular complexity index is 836. The van der Waals surface area contributed by atoms with Crippen LogP contribution in [0, 0.1) is 28.6 Å². The fourth-order valence-corrected chi connectivity index (χ4v) is 9.17. The predicted molar refractivity (Wildman–Crippen MR) is 133 cm³/mol. The second-order valence-electron chi connectivity index (χ2n) is 13.9. The fraction of sp³-hybridized carbons (Fsp3) is 0.857. The van der Waals surface area contributed by atoms with Gasteiger partial charge in [0.05, 0.1) is 18.3 Å². The molecule has 1 aliphatic heterocycles. The van der Waals surface area contributed by atoms with Crippen molar-refractivity contribution < 1.29 is 13.9 Å². The van der Waals surface area contributed by atoms with Gasteiger partial charge in [-0.15, -0.1) is 0 Å². The minimum atomic E-state index is -1.81. The Morgan fingerprint density at radius 3 is 2.41 bits per heavy atom. The van der Waals surface area contributed by atoms with Gasteiger partial charge in [-0.2, -0.15) is 0 Å². The number of rotatable bonds is 2. The van der Waals surface area contributed by atoms with Gasteiger partial charge in [-0.05, 0) is 80.8 Å². The lowest BCUT2D eigenvalue weighted by atomic mass is 9.49. The average molecular weight is 459 g/mol. The van der Waals surface area contributed by atoms with E-state index in [4.69, 9.17) is 13.9 Å². The molecule has 1 saturated heterocycles. The first kappa shape index (κ1) is 23.3. The molecule has 0 N–H and O–H groups in total. The molecule has 0 radical (unpaired) electrons. The fourth-order valence-electron chi connectivity index (χ4n) is 7.72. The van der Waals surface area contributed by atoms with Crippen molar-refractivity contribution in [3.63, 3.8) is 0 Å². The Hall–Kier alpha value is -0.423. The van der Waals surface area contributed by atoms with Crippen molar-refractivity contribution in [2.45, 2.75) is 123 Å². The van der Waals surface area contributed by atoms with Crippen LogP contribution >= 0.6 is 0 Å². The van der Waals surface area contributed by atoms with Crippen LogP contribution in [0.1, 0.15) is 80.6 Å². The first-order chi connectivity index (χ1) is 14.7. The lowest BCUT2D eigenvalue weighted by molar-refractivity contribution is -0.153. The zero-order valence-electron chi connectivity index (χ0n) is 22.0. The Morgan fingerprint density at radius 2 is 1.72 bits per heavy atom. The van der Waals surface area contributed by atoms with Crippen molar-refractivity contribution in [3.05, 3.63) is 23.8 Å². The van der Waals surface area contributed by atoms with Crippen molar-refractivity contribution in [1.82, 2.24) is 0 Å². The second-order valence-corrected chi connectivity index (χ2v) is 18.7. The summed E-state index contributed by atoms with van der Waals surface area (Å²) in [4.78, 5) is 0. The molecule has 0 aromatic rings. The Balaban J connectivity index is 1.54. The first-order valence-electron chi connectivity index (χ1n) is 13.1. The van der Waals surface area contributed by atoms with Crippen LogP contribution in [0.5, 0.6) is 0 Å². The van der Waals surface area contributed by atoms with Gasteiger partial charge >= 0.3 is 0 Å². The molecular weight excluding hydrogens is 412 g/mol. The molecule has 3 nitrogen and oxygen atoms in total. The zero-order valence-corrected chi connectivity index (χ0v) is 23.0. The summed E-state index contributed by atoms with van der Waals surface area (Å²) in [6, 6.07) is 0. The van der Waals surface area contributed by atoms with Crippen LogP contribution in [0.2, 0.25) is 18.1 Å². The zero-order chi connectivity index (χ0) is 23.3. The van der Waals surface area contributed by atoms with E-state index in [-0.39, 0.29) is 28.1 Å². The maximum absolute atomic E-state index is 7.13. The van der Waals surface area contributed by atoms with Crippen LogP contribution in [0.3, 0.4) is 0 Å². The quantitative estimate of drug-likeness (QED) is 0.322. The number of ether oxygens (including phenoxy) is 2. The van der Waals surface area contributed by atoms with Gasteiger partial charge < -0.3 is 13.9 Å². The van der Waals surface area contributed by atoms with Crippen LogP contribution in [0.15, 0.2) is 23.8 Å². The third kappa shape index (κ3) is 3.22. The maximum Gasteiger partial charge on any atom is 0.192 e. The second kappa shape index (κ2) is 7.05. The van der Waals surface area contributed by atoms with Gasteiger partial charge in [0.15, 0.2) is 14.1 Å². The normalized spacial score (nSPS) is 47.3. The summed E-state index contributed by atoms with van der Waals surface area (Å²) in [5.74, 6) is 1.00. The standard InChI is InChI=1S/C28H46O3Si/c1-25(2,3)32(8,9)31-21-14-13-18-22-19(15-17-28(18,21)7)27(6)16-11-10-12-20(27)23-24(22)30-26(4,5)29-23/h10,12,15,18,20-24H,11,13-14,16-17H2,1-9H3/t18?,20?,21-,22?,23+,24+,27+,28-/m0/s1. The Labute approximate surface area is 197 Å². The van der Waals surface area contributed by atoms with Gasteiger partial charge in [0.25, 0.3) is 0 Å². The molecule has 8 atom stereocenters. The van der Waals surface area contributed by atoms with Crippen LogP contribution in [-0.4, -0.2) is 32.4 Å². The minimum Gasteiger partial charge on any atom is -0.413 e. The highest BCUT2D eigenvalue weighted by Crippen LogP contribution is 2.66. The molecule has 3 unspecified atom stereocenters. The van der Waals surface area contributed by atoms with Gasteiger partial charge in [0.2, 0.25) is 0 Å². The van der Waals surface area contributed by atoms with Gasteiger partial charge in [-0.3, -0.25) is 0 Å². The van der Waals surface area contributed by atoms with Gasteiger partial charge in [0.1, 0.15) is 0 Å². The summed E-state index contributed by atoms with van der Waals surface area (Å²) in [6.45, 7) is 21.2. The van der Waals surface area contributed by atoms with Gasteiger partial charge in [-0.1, -0.05) is 58.4 Å². The summed E-state index contributed by atoms with van der Waals surface area (Å²) in [5, 5.41) is 0.245. The van der Waals surface area contributed by atoms with Crippen molar-refractivity contribution in [1.29, 1.82) is 0 Å². The Kier molecular flexibility index (Phi) is 5.14. The third-order valence-electron chi connectivity index (χ3n) is 10.6. The van der Waals surface area contributed by atoms with E-state index in [2.05, 4.69) is 79.8 Å². The minimum absolute atomic E-state index is 0.160. The van der Waals surface area contributed by atoms with E-state index in [9.17, 15) is 0 Å². The summed E-state index contributed by atoms with van der Waals surface area (Å²) in [7, 11) is -1.81. The molecule has 4 heteroatoms. The average Bonchev–Trinajstić information content (AvgIpc) is 3.16. The molecule has 0 amide bonds. The molecule has 1 heterocycles. The topological polar surface area (TPSA) is 27.7 Å². The van der Waals surface area contributed by atoms with Crippen LogP contribution in [0.25, 0.3) is 0 Å². The highest BCUT2D eigenvalue weighted by molar-refractivity contribution is 6.74. The SMILES string of the molecule is CC1(C)O[C@@H]2C3C(=CC[C@@]4(C)C3CC[C@@H]4O[Si](C)(C)C(C)(C)C)[C@@]3(C)CCC=CC3[C@H]2O1. The Morgan fingerprint density at radius 1 is 1.03 bits per heavy atom. The largest absolute Gasteiger partial charge is 0.413 e. The van der Waals surface area contributed by atoms with Crippen LogP contribution in [0.4, 0.5) is 0 Å². The molecular formula is C28H46O3Si. The number of hydrogen-bond donors (Lipinski definition) is 0. The number of fused-ring (bicyclic) bond motifs is 8. The molecule has 5 rings (SSSR count). The van der Waals surface area contributed by atoms with Crippen LogP contribution in [-0.2, 0) is 13.9 Å². The van der Waals surface area contributed by atoms with E-state index in [0.717, 1.165) is 6.42 Å². The maximum atomic E-state index is 7.13. The predicted octanol–water partition coefficient (Wildman–Crippen LogP) is 7.25. The van der Waals surface area contributed by atoms with Gasteiger partial charge in [-0.25, -0.2) is 0 Å². The molecule has 5 aliphatic rings. The third-order valence-corrected chi connectivity index (χ3v) is 15.0. The smallest absolute Gasteiger partial charge is 0.192 e. The molecule has 0 bridgehead atoms. The monoisotopic (exact) mass is 458 g/mol. The van der Waals surface area contributed by atoms with E-state index >= 15 is 0 Å². The van der Waals surface area contributed by atoms with Crippen molar-refractivity contribution >= 4 is 8.32 Å². The van der Waals surface area contributed by atoms with E-state index in [0.29, 0.717) is 23.9 Å². The molecule has 0 aromatic carbocycles. The van der Waals surface area contributed by atoms with Crippen LogP contribution < -0.4 is 0 Å².